The molecule has 0 aliphatic rings. The summed E-state index contributed by atoms with van der Waals surface area (Å²) in [5, 5.41) is 13.6. The Morgan fingerprint density at radius 1 is 1.18 bits per heavy atom. The summed E-state index contributed by atoms with van der Waals surface area (Å²) in [5.74, 6) is -1.09. The zero-order valence-electron chi connectivity index (χ0n) is 10.2. The van der Waals surface area contributed by atoms with Crippen LogP contribution in [0.25, 0.3) is 0 Å². The minimum atomic E-state index is -0.936. The van der Waals surface area contributed by atoms with Crippen LogP contribution in [0.3, 0.4) is 0 Å². The Morgan fingerprint density at radius 2 is 1.76 bits per heavy atom. The van der Waals surface area contributed by atoms with Crippen molar-refractivity contribution in [3.05, 3.63) is 0 Å². The lowest BCUT2D eigenvalue weighted by atomic mass is 10.4. The monoisotopic (exact) mass is 245 g/mol. The van der Waals surface area contributed by atoms with Gasteiger partial charge in [-0.1, -0.05) is 0 Å². The highest BCUT2D eigenvalue weighted by Gasteiger charge is 2.11. The number of hydrogen-bond donors (Lipinski definition) is 3. The van der Waals surface area contributed by atoms with Crippen molar-refractivity contribution < 1.29 is 19.5 Å². The van der Waals surface area contributed by atoms with Crippen molar-refractivity contribution in [3.63, 3.8) is 0 Å². The molecule has 0 unspecified atom stereocenters. The van der Waals surface area contributed by atoms with Gasteiger partial charge in [0.25, 0.3) is 0 Å². The van der Waals surface area contributed by atoms with Crippen molar-refractivity contribution >= 4 is 17.9 Å². The maximum Gasteiger partial charge on any atom is 0.317 e. The minimum absolute atomic E-state index is 0.0764. The van der Waals surface area contributed by atoms with Crippen LogP contribution in [0.5, 0.6) is 0 Å². The van der Waals surface area contributed by atoms with Gasteiger partial charge in [-0.25, -0.2) is 4.79 Å². The highest BCUT2D eigenvalue weighted by Crippen LogP contribution is 1.92. The molecule has 3 N–H and O–H groups in total. The maximum atomic E-state index is 11.5. The Balaban J connectivity index is 3.83. The third kappa shape index (κ3) is 8.06. The molecule has 0 fully saturated rings. The second kappa shape index (κ2) is 8.37. The van der Waals surface area contributed by atoms with E-state index in [0.717, 1.165) is 0 Å². The summed E-state index contributed by atoms with van der Waals surface area (Å²) in [6.45, 7) is 4.47. The van der Waals surface area contributed by atoms with Crippen molar-refractivity contribution in [2.45, 2.75) is 20.3 Å². The lowest BCUT2D eigenvalue weighted by Crippen LogP contribution is -2.43. The summed E-state index contributed by atoms with van der Waals surface area (Å²) >= 11 is 0. The van der Waals surface area contributed by atoms with Gasteiger partial charge in [0.05, 0.1) is 6.42 Å². The zero-order chi connectivity index (χ0) is 13.3. The first-order valence-electron chi connectivity index (χ1n) is 5.46. The third-order valence-electron chi connectivity index (χ3n) is 2.04. The van der Waals surface area contributed by atoms with Crippen LogP contribution >= 0.6 is 0 Å². The number of hydrogen-bond acceptors (Lipinski definition) is 3. The van der Waals surface area contributed by atoms with Gasteiger partial charge in [-0.2, -0.15) is 0 Å². The number of nitrogens with one attached hydrogen (secondary N) is 2. The molecule has 0 aromatic heterocycles. The van der Waals surface area contributed by atoms with Crippen LogP contribution in [0, 0.1) is 0 Å². The van der Waals surface area contributed by atoms with E-state index in [4.69, 9.17) is 5.11 Å². The molecule has 0 atom stereocenters. The largest absolute Gasteiger partial charge is 0.481 e. The van der Waals surface area contributed by atoms with Crippen molar-refractivity contribution in [1.82, 2.24) is 15.5 Å². The molecule has 7 heteroatoms. The summed E-state index contributed by atoms with van der Waals surface area (Å²) in [6.07, 6.45) is -0.0764. The van der Waals surface area contributed by atoms with Gasteiger partial charge < -0.3 is 20.6 Å². The summed E-state index contributed by atoms with van der Waals surface area (Å²) in [7, 11) is 0. The number of carbonyl (C=O) groups is 3. The van der Waals surface area contributed by atoms with Gasteiger partial charge in [-0.3, -0.25) is 9.59 Å². The average Bonchev–Trinajstić information content (AvgIpc) is 2.24. The van der Waals surface area contributed by atoms with Crippen LogP contribution < -0.4 is 10.6 Å². The Kier molecular flexibility index (Phi) is 7.49. The van der Waals surface area contributed by atoms with Crippen LogP contribution in [-0.4, -0.2) is 54.1 Å². The van der Waals surface area contributed by atoms with Crippen LogP contribution in [0.4, 0.5) is 4.79 Å². The lowest BCUT2D eigenvalue weighted by molar-refractivity contribution is -0.137. The van der Waals surface area contributed by atoms with E-state index < -0.39 is 5.97 Å². The van der Waals surface area contributed by atoms with Crippen LogP contribution in [0.1, 0.15) is 20.3 Å². The van der Waals surface area contributed by atoms with E-state index >= 15 is 0 Å². The van der Waals surface area contributed by atoms with Crippen LogP contribution in [0.15, 0.2) is 0 Å². The molecule has 0 saturated heterocycles. The number of carboxylic acid groups (broad SMARTS) is 1. The van der Waals surface area contributed by atoms with E-state index in [2.05, 4.69) is 10.6 Å². The van der Waals surface area contributed by atoms with Gasteiger partial charge >= 0.3 is 12.0 Å². The molecule has 0 saturated carbocycles. The van der Waals surface area contributed by atoms with E-state index in [0.29, 0.717) is 19.6 Å². The van der Waals surface area contributed by atoms with Gasteiger partial charge in [0.1, 0.15) is 0 Å². The molecule has 0 aliphatic heterocycles. The number of carboxylic acids is 1. The summed E-state index contributed by atoms with van der Waals surface area (Å²) in [5.41, 5.74) is 0. The second-order valence-electron chi connectivity index (χ2n) is 3.44. The Labute approximate surface area is 100 Å². The maximum absolute atomic E-state index is 11.5. The fraction of sp³-hybridized carbons (Fsp3) is 0.700. The van der Waals surface area contributed by atoms with E-state index in [9.17, 15) is 14.4 Å². The fourth-order valence-corrected chi connectivity index (χ4v) is 1.15. The highest BCUT2D eigenvalue weighted by molar-refractivity contribution is 5.75. The molecule has 0 bridgehead atoms. The first kappa shape index (κ1) is 15.2. The van der Waals surface area contributed by atoms with Gasteiger partial charge in [0, 0.05) is 33.1 Å². The number of amides is 3. The smallest absolute Gasteiger partial charge is 0.317 e. The molecule has 3 amide bonds. The average molecular weight is 245 g/mol. The molecule has 7 nitrogen and oxygen atoms in total. The van der Waals surface area contributed by atoms with E-state index in [1.54, 1.807) is 6.92 Å². The topological polar surface area (TPSA) is 98.7 Å². The molecule has 0 aromatic rings. The van der Waals surface area contributed by atoms with Crippen LogP contribution in [-0.2, 0) is 9.59 Å². The Hall–Kier alpha value is -1.79. The third-order valence-corrected chi connectivity index (χ3v) is 2.04. The quantitative estimate of drug-likeness (QED) is 0.533. The Morgan fingerprint density at radius 3 is 2.24 bits per heavy atom. The van der Waals surface area contributed by atoms with Crippen LogP contribution in [0.2, 0.25) is 0 Å². The molecule has 0 aliphatic carbocycles. The first-order chi connectivity index (χ1) is 7.97. The predicted octanol–water partition coefficient (Wildman–Crippen LogP) is -0.371. The van der Waals surface area contributed by atoms with E-state index in [-0.39, 0.29) is 24.9 Å². The summed E-state index contributed by atoms with van der Waals surface area (Å²) in [4.78, 5) is 33.9. The second-order valence-corrected chi connectivity index (χ2v) is 3.44. The molecule has 0 radical (unpaired) electrons. The van der Waals surface area contributed by atoms with Crippen molar-refractivity contribution in [1.29, 1.82) is 0 Å². The van der Waals surface area contributed by atoms with Gasteiger partial charge in [0.2, 0.25) is 5.91 Å². The van der Waals surface area contributed by atoms with Crippen molar-refractivity contribution in [3.8, 4) is 0 Å². The molecule has 0 spiro atoms. The predicted molar refractivity (Wildman–Crippen MR) is 61.6 cm³/mol. The van der Waals surface area contributed by atoms with Gasteiger partial charge in [-0.15, -0.1) is 0 Å². The van der Waals surface area contributed by atoms with Gasteiger partial charge in [-0.05, 0) is 6.92 Å². The summed E-state index contributed by atoms with van der Waals surface area (Å²) in [6, 6.07) is -0.320. The molecule has 17 heavy (non-hydrogen) atoms. The summed E-state index contributed by atoms with van der Waals surface area (Å²) < 4.78 is 0. The number of carbonyl (C=O) groups excluding carboxylic acids is 2. The molecular weight excluding hydrogens is 226 g/mol. The van der Waals surface area contributed by atoms with Gasteiger partial charge in [0.15, 0.2) is 0 Å². The number of aliphatic carboxylic acids is 1. The van der Waals surface area contributed by atoms with E-state index in [1.807, 2.05) is 0 Å². The molecule has 0 heterocycles. The molecular formula is C10H19N3O4. The fourth-order valence-electron chi connectivity index (χ4n) is 1.15. The zero-order valence-corrected chi connectivity index (χ0v) is 10.2. The SMILES string of the molecule is CCN(CCC(=O)O)C(=O)NCCNC(C)=O. The molecule has 0 aromatic carbocycles. The first-order valence-corrected chi connectivity index (χ1v) is 5.46. The standard InChI is InChI=1S/C10H19N3O4/c1-3-13(7-4-9(15)16)10(17)12-6-5-11-8(2)14/h3-7H2,1-2H3,(H,11,14)(H,12,17)(H,15,16). The highest BCUT2D eigenvalue weighted by atomic mass is 16.4. The lowest BCUT2D eigenvalue weighted by Gasteiger charge is -2.20. The number of rotatable bonds is 7. The number of urea groups is 1. The molecule has 98 valence electrons. The normalized spacial score (nSPS) is 9.53. The minimum Gasteiger partial charge on any atom is -0.481 e. The molecule has 0 rings (SSSR count). The van der Waals surface area contributed by atoms with Crippen molar-refractivity contribution in [2.24, 2.45) is 0 Å². The number of nitrogens with zero attached hydrogens (tertiary/aromatic N) is 1. The Bertz CT molecular complexity index is 281. The van der Waals surface area contributed by atoms with E-state index in [1.165, 1.54) is 11.8 Å². The van der Waals surface area contributed by atoms with Crippen molar-refractivity contribution in [2.75, 3.05) is 26.2 Å².